The molecule has 2 aromatic carbocycles. The zero-order chi connectivity index (χ0) is 24.0. The molecule has 2 heterocycles. The SMILES string of the molecule is O=C(NCc1ccc(C(=O)N2CCCCC2)cc1)c1ccc(S(=O)(=O)NCc2ccco2)cc1. The van der Waals surface area contributed by atoms with Crippen LogP contribution in [-0.4, -0.2) is 38.2 Å². The summed E-state index contributed by atoms with van der Waals surface area (Å²) < 4.78 is 32.4. The van der Waals surface area contributed by atoms with Crippen LogP contribution < -0.4 is 10.0 Å². The van der Waals surface area contributed by atoms with Crippen molar-refractivity contribution in [2.24, 2.45) is 0 Å². The predicted molar refractivity (Wildman–Crippen MR) is 127 cm³/mol. The van der Waals surface area contributed by atoms with E-state index in [0.29, 0.717) is 23.4 Å². The minimum atomic E-state index is -3.73. The number of carbonyl (C=O) groups is 2. The van der Waals surface area contributed by atoms with E-state index in [-0.39, 0.29) is 23.3 Å². The fourth-order valence-corrected chi connectivity index (χ4v) is 4.77. The molecule has 0 atom stereocenters. The number of nitrogens with zero attached hydrogens (tertiary/aromatic N) is 1. The number of amides is 2. The number of rotatable bonds is 8. The van der Waals surface area contributed by atoms with E-state index in [2.05, 4.69) is 10.0 Å². The number of sulfonamides is 1. The van der Waals surface area contributed by atoms with Gasteiger partial charge in [-0.1, -0.05) is 12.1 Å². The lowest BCUT2D eigenvalue weighted by molar-refractivity contribution is 0.0724. The second-order valence-corrected chi connectivity index (χ2v) is 9.93. The molecule has 0 radical (unpaired) electrons. The van der Waals surface area contributed by atoms with Crippen molar-refractivity contribution in [1.82, 2.24) is 14.9 Å². The lowest BCUT2D eigenvalue weighted by Gasteiger charge is -2.26. The van der Waals surface area contributed by atoms with Crippen molar-refractivity contribution in [1.29, 1.82) is 0 Å². The largest absolute Gasteiger partial charge is 0.468 e. The fraction of sp³-hybridized carbons (Fsp3) is 0.280. The van der Waals surface area contributed by atoms with Crippen molar-refractivity contribution in [3.05, 3.63) is 89.4 Å². The molecule has 4 rings (SSSR count). The van der Waals surface area contributed by atoms with Crippen LogP contribution in [0.25, 0.3) is 0 Å². The first kappa shape index (κ1) is 23.7. The van der Waals surface area contributed by atoms with Gasteiger partial charge in [-0.15, -0.1) is 0 Å². The van der Waals surface area contributed by atoms with E-state index in [1.54, 1.807) is 24.3 Å². The predicted octanol–water partition coefficient (Wildman–Crippen LogP) is 3.31. The molecular formula is C25H27N3O5S. The highest BCUT2D eigenvalue weighted by atomic mass is 32.2. The molecule has 8 nitrogen and oxygen atoms in total. The Kier molecular flexibility index (Phi) is 7.44. The Morgan fingerprint density at radius 3 is 2.18 bits per heavy atom. The molecule has 0 bridgehead atoms. The van der Waals surface area contributed by atoms with E-state index in [9.17, 15) is 18.0 Å². The zero-order valence-corrected chi connectivity index (χ0v) is 19.5. The van der Waals surface area contributed by atoms with Gasteiger partial charge in [0.05, 0.1) is 17.7 Å². The molecule has 178 valence electrons. The normalized spacial score (nSPS) is 14.1. The maximum Gasteiger partial charge on any atom is 0.253 e. The Hall–Kier alpha value is -3.43. The first-order valence-corrected chi connectivity index (χ1v) is 12.7. The van der Waals surface area contributed by atoms with Crippen LogP contribution in [0.4, 0.5) is 0 Å². The minimum absolute atomic E-state index is 0.0417. The first-order chi connectivity index (χ1) is 16.4. The molecule has 0 aliphatic carbocycles. The summed E-state index contributed by atoms with van der Waals surface area (Å²) in [7, 11) is -3.73. The van der Waals surface area contributed by atoms with E-state index >= 15 is 0 Å². The summed E-state index contributed by atoms with van der Waals surface area (Å²) in [5.41, 5.74) is 1.86. The van der Waals surface area contributed by atoms with Crippen LogP contribution in [0, 0.1) is 0 Å². The monoisotopic (exact) mass is 481 g/mol. The summed E-state index contributed by atoms with van der Waals surface area (Å²) >= 11 is 0. The second kappa shape index (κ2) is 10.7. The van der Waals surface area contributed by atoms with Crippen molar-refractivity contribution >= 4 is 21.8 Å². The summed E-state index contributed by atoms with van der Waals surface area (Å²) in [6, 6.07) is 16.3. The lowest BCUT2D eigenvalue weighted by Crippen LogP contribution is -2.35. The molecule has 0 saturated carbocycles. The summed E-state index contributed by atoms with van der Waals surface area (Å²) in [6.45, 7) is 1.94. The Balaban J connectivity index is 1.30. The average molecular weight is 482 g/mol. The molecule has 9 heteroatoms. The van der Waals surface area contributed by atoms with Crippen LogP contribution in [0.15, 0.2) is 76.2 Å². The van der Waals surface area contributed by atoms with Gasteiger partial charge in [-0.2, -0.15) is 0 Å². The molecule has 34 heavy (non-hydrogen) atoms. The number of hydrogen-bond acceptors (Lipinski definition) is 5. The molecule has 2 amide bonds. The Bertz CT molecular complexity index is 1210. The maximum atomic E-state index is 12.6. The third-order valence-electron chi connectivity index (χ3n) is 5.74. The van der Waals surface area contributed by atoms with Gasteiger partial charge in [-0.3, -0.25) is 9.59 Å². The first-order valence-electron chi connectivity index (χ1n) is 11.2. The van der Waals surface area contributed by atoms with Crippen LogP contribution in [0.2, 0.25) is 0 Å². The highest BCUT2D eigenvalue weighted by molar-refractivity contribution is 7.89. The van der Waals surface area contributed by atoms with E-state index < -0.39 is 10.0 Å². The van der Waals surface area contributed by atoms with Gasteiger partial charge in [0, 0.05) is 30.8 Å². The van der Waals surface area contributed by atoms with Crippen molar-refractivity contribution in [2.75, 3.05) is 13.1 Å². The molecular weight excluding hydrogens is 454 g/mol. The van der Waals surface area contributed by atoms with Crippen LogP contribution in [0.3, 0.4) is 0 Å². The molecule has 1 aliphatic rings. The molecule has 1 saturated heterocycles. The summed E-state index contributed by atoms with van der Waals surface area (Å²) in [6.07, 6.45) is 4.73. The van der Waals surface area contributed by atoms with Gasteiger partial charge >= 0.3 is 0 Å². The third kappa shape index (κ3) is 5.92. The van der Waals surface area contributed by atoms with Crippen molar-refractivity contribution in [3.63, 3.8) is 0 Å². The number of benzene rings is 2. The maximum absolute atomic E-state index is 12.6. The van der Waals surface area contributed by atoms with Crippen molar-refractivity contribution < 1.29 is 22.4 Å². The lowest BCUT2D eigenvalue weighted by atomic mass is 10.1. The smallest absolute Gasteiger partial charge is 0.253 e. The van der Waals surface area contributed by atoms with E-state index in [1.165, 1.54) is 36.9 Å². The molecule has 0 spiro atoms. The highest BCUT2D eigenvalue weighted by Crippen LogP contribution is 2.15. The minimum Gasteiger partial charge on any atom is -0.468 e. The number of piperidine rings is 1. The molecule has 1 fully saturated rings. The summed E-state index contributed by atoms with van der Waals surface area (Å²) in [4.78, 5) is 27.0. The Labute approximate surface area is 199 Å². The number of carbonyl (C=O) groups excluding carboxylic acids is 2. The van der Waals surface area contributed by atoms with Gasteiger partial charge in [0.1, 0.15) is 5.76 Å². The number of likely N-dealkylation sites (tertiary alicyclic amines) is 1. The zero-order valence-electron chi connectivity index (χ0n) is 18.7. The quantitative estimate of drug-likeness (QED) is 0.513. The highest BCUT2D eigenvalue weighted by Gasteiger charge is 2.18. The summed E-state index contributed by atoms with van der Waals surface area (Å²) in [5.74, 6) is 0.230. The van der Waals surface area contributed by atoms with Crippen molar-refractivity contribution in [2.45, 2.75) is 37.2 Å². The third-order valence-corrected chi connectivity index (χ3v) is 7.16. The molecule has 1 aliphatic heterocycles. The van der Waals surface area contributed by atoms with Crippen LogP contribution in [0.1, 0.15) is 51.3 Å². The standard InChI is InChI=1S/C25H27N3O5S/c29-24(20-10-12-23(13-11-20)34(31,32)27-18-22-5-4-16-33-22)26-17-19-6-8-21(9-7-19)25(30)28-14-2-1-3-15-28/h4-13,16,27H,1-3,14-15,17-18H2,(H,26,29). The fourth-order valence-electron chi connectivity index (χ4n) is 3.78. The van der Waals surface area contributed by atoms with Gasteiger partial charge in [0.2, 0.25) is 10.0 Å². The van der Waals surface area contributed by atoms with E-state index in [4.69, 9.17) is 4.42 Å². The number of hydrogen-bond donors (Lipinski definition) is 2. The van der Waals surface area contributed by atoms with Crippen LogP contribution in [-0.2, 0) is 23.1 Å². The summed E-state index contributed by atoms with van der Waals surface area (Å²) in [5, 5.41) is 2.82. The van der Waals surface area contributed by atoms with Gasteiger partial charge in [-0.25, -0.2) is 13.1 Å². The number of furan rings is 1. The van der Waals surface area contributed by atoms with E-state index in [1.807, 2.05) is 17.0 Å². The van der Waals surface area contributed by atoms with Gasteiger partial charge in [-0.05, 0) is 73.4 Å². The van der Waals surface area contributed by atoms with Gasteiger partial charge < -0.3 is 14.6 Å². The molecule has 1 aromatic heterocycles. The van der Waals surface area contributed by atoms with E-state index in [0.717, 1.165) is 31.5 Å². The number of nitrogens with one attached hydrogen (secondary N) is 2. The molecule has 2 N–H and O–H groups in total. The second-order valence-electron chi connectivity index (χ2n) is 8.16. The van der Waals surface area contributed by atoms with Gasteiger partial charge in [0.15, 0.2) is 0 Å². The van der Waals surface area contributed by atoms with Gasteiger partial charge in [0.25, 0.3) is 11.8 Å². The van der Waals surface area contributed by atoms with Crippen LogP contribution in [0.5, 0.6) is 0 Å². The van der Waals surface area contributed by atoms with Crippen molar-refractivity contribution in [3.8, 4) is 0 Å². The topological polar surface area (TPSA) is 109 Å². The Morgan fingerprint density at radius 2 is 1.53 bits per heavy atom. The molecule has 0 unspecified atom stereocenters. The van der Waals surface area contributed by atoms with Crippen LogP contribution >= 0.6 is 0 Å². The average Bonchev–Trinajstić information content (AvgIpc) is 3.40. The Morgan fingerprint density at radius 1 is 0.853 bits per heavy atom. The molecule has 3 aromatic rings.